The second-order valence-corrected chi connectivity index (χ2v) is 5.91. The summed E-state index contributed by atoms with van der Waals surface area (Å²) < 4.78 is 3.91. The molecule has 0 spiro atoms. The largest absolute Gasteiger partial charge is 0.380 e. The monoisotopic (exact) mass is 311 g/mol. The fourth-order valence-corrected chi connectivity index (χ4v) is 2.65. The number of aliphatic hydroxyl groups is 1. The third-order valence-electron chi connectivity index (χ3n) is 3.93. The highest BCUT2D eigenvalue weighted by Crippen LogP contribution is 2.21. The van der Waals surface area contributed by atoms with Gasteiger partial charge in [-0.3, -0.25) is 0 Å². The van der Waals surface area contributed by atoms with Gasteiger partial charge in [0.25, 0.3) is 0 Å². The maximum Gasteiger partial charge on any atom is 0.152 e. The Morgan fingerprint density at radius 2 is 1.83 bits per heavy atom. The molecule has 3 aromatic rings. The highest BCUT2D eigenvalue weighted by atomic mass is 16.3. The van der Waals surface area contributed by atoms with E-state index in [1.54, 1.807) is 6.20 Å². The van der Waals surface area contributed by atoms with Crippen LogP contribution in [0.15, 0.2) is 42.7 Å². The number of hydrogen-bond donors (Lipinski definition) is 1. The van der Waals surface area contributed by atoms with Crippen LogP contribution in [0.25, 0.3) is 0 Å². The van der Waals surface area contributed by atoms with Crippen LogP contribution in [-0.4, -0.2) is 29.4 Å². The van der Waals surface area contributed by atoms with Crippen molar-refractivity contribution in [3.63, 3.8) is 0 Å². The van der Waals surface area contributed by atoms with Gasteiger partial charge in [-0.25, -0.2) is 4.98 Å². The minimum absolute atomic E-state index is 0.318. The van der Waals surface area contributed by atoms with Crippen molar-refractivity contribution < 1.29 is 5.11 Å². The van der Waals surface area contributed by atoms with Crippen molar-refractivity contribution in [3.05, 3.63) is 65.8 Å². The molecule has 23 heavy (non-hydrogen) atoms. The molecule has 120 valence electrons. The molecule has 0 fully saturated rings. The van der Waals surface area contributed by atoms with Gasteiger partial charge in [0.15, 0.2) is 5.82 Å². The highest BCUT2D eigenvalue weighted by Gasteiger charge is 2.18. The van der Waals surface area contributed by atoms with Gasteiger partial charge in [0.05, 0.1) is 6.54 Å². The summed E-state index contributed by atoms with van der Waals surface area (Å²) in [6.45, 7) is 4.71. The highest BCUT2D eigenvalue weighted by molar-refractivity contribution is 5.23. The van der Waals surface area contributed by atoms with Gasteiger partial charge in [-0.2, -0.15) is 0 Å². The topological polar surface area (TPSA) is 68.8 Å². The average molecular weight is 311 g/mol. The molecule has 0 aliphatic carbocycles. The van der Waals surface area contributed by atoms with Crippen LogP contribution in [0.3, 0.4) is 0 Å². The normalized spacial score (nSPS) is 12.7. The first-order valence-corrected chi connectivity index (χ1v) is 7.70. The molecule has 0 bridgehead atoms. The second-order valence-electron chi connectivity index (χ2n) is 5.91. The first-order chi connectivity index (χ1) is 11.1. The number of aliphatic hydroxyl groups excluding tert-OH is 1. The lowest BCUT2D eigenvalue weighted by Gasteiger charge is -2.13. The molecule has 0 saturated heterocycles. The van der Waals surface area contributed by atoms with E-state index in [1.165, 1.54) is 0 Å². The molecule has 1 aromatic carbocycles. The summed E-state index contributed by atoms with van der Waals surface area (Å²) in [5.74, 6) is 2.71. The first-order valence-electron chi connectivity index (χ1n) is 7.70. The van der Waals surface area contributed by atoms with Gasteiger partial charge >= 0.3 is 0 Å². The average Bonchev–Trinajstić information content (AvgIpc) is 3.15. The van der Waals surface area contributed by atoms with Gasteiger partial charge in [0.2, 0.25) is 0 Å². The number of imidazole rings is 1. The Morgan fingerprint density at radius 3 is 2.48 bits per heavy atom. The molecule has 0 unspecified atom stereocenters. The fraction of sp³-hybridized carbons (Fsp3) is 0.353. The van der Waals surface area contributed by atoms with E-state index in [0.717, 1.165) is 17.2 Å². The van der Waals surface area contributed by atoms with Crippen molar-refractivity contribution in [1.29, 1.82) is 0 Å². The Balaban J connectivity index is 1.87. The molecule has 2 heterocycles. The van der Waals surface area contributed by atoms with Crippen molar-refractivity contribution in [1.82, 2.24) is 24.3 Å². The molecular formula is C17H21N5O. The van der Waals surface area contributed by atoms with Crippen molar-refractivity contribution in [3.8, 4) is 0 Å². The van der Waals surface area contributed by atoms with E-state index in [1.807, 2.05) is 52.7 Å². The van der Waals surface area contributed by atoms with Crippen LogP contribution in [0, 0.1) is 0 Å². The Kier molecular flexibility index (Phi) is 4.25. The van der Waals surface area contributed by atoms with Gasteiger partial charge in [0.1, 0.15) is 17.8 Å². The molecule has 0 saturated carbocycles. The molecule has 0 aliphatic rings. The Hall–Kier alpha value is -2.47. The number of hydrogen-bond acceptors (Lipinski definition) is 4. The molecule has 6 nitrogen and oxygen atoms in total. The predicted molar refractivity (Wildman–Crippen MR) is 86.9 cm³/mol. The summed E-state index contributed by atoms with van der Waals surface area (Å²) in [6, 6.07) is 9.52. The van der Waals surface area contributed by atoms with Crippen LogP contribution in [0.4, 0.5) is 0 Å². The molecule has 0 radical (unpaired) electrons. The molecule has 1 N–H and O–H groups in total. The van der Waals surface area contributed by atoms with E-state index in [2.05, 4.69) is 29.0 Å². The zero-order valence-electron chi connectivity index (χ0n) is 13.6. The quantitative estimate of drug-likeness (QED) is 0.785. The third-order valence-corrected chi connectivity index (χ3v) is 3.93. The molecule has 6 heteroatoms. The Bertz CT molecular complexity index is 775. The van der Waals surface area contributed by atoms with Crippen LogP contribution in [0.1, 0.15) is 48.9 Å². The molecule has 0 aliphatic heterocycles. The molecule has 3 rings (SSSR count). The summed E-state index contributed by atoms with van der Waals surface area (Å²) in [5, 5.41) is 19.1. The molecular weight excluding hydrogens is 290 g/mol. The van der Waals surface area contributed by atoms with Gasteiger partial charge in [-0.1, -0.05) is 44.2 Å². The number of rotatable bonds is 5. The first kappa shape index (κ1) is 15.4. The Labute approximate surface area is 135 Å². The zero-order valence-corrected chi connectivity index (χ0v) is 13.6. The van der Waals surface area contributed by atoms with Gasteiger partial charge in [-0.05, 0) is 5.56 Å². The minimum Gasteiger partial charge on any atom is -0.380 e. The predicted octanol–water partition coefficient (Wildman–Crippen LogP) is 2.27. The van der Waals surface area contributed by atoms with Crippen LogP contribution in [0.2, 0.25) is 0 Å². The summed E-state index contributed by atoms with van der Waals surface area (Å²) in [5.41, 5.74) is 0.820. The van der Waals surface area contributed by atoms with E-state index in [9.17, 15) is 5.11 Å². The van der Waals surface area contributed by atoms with E-state index in [4.69, 9.17) is 0 Å². The van der Waals surface area contributed by atoms with Crippen LogP contribution >= 0.6 is 0 Å². The van der Waals surface area contributed by atoms with Crippen molar-refractivity contribution in [2.75, 3.05) is 0 Å². The fourth-order valence-electron chi connectivity index (χ4n) is 2.65. The van der Waals surface area contributed by atoms with Crippen LogP contribution in [0.5, 0.6) is 0 Å². The summed E-state index contributed by atoms with van der Waals surface area (Å²) in [4.78, 5) is 4.32. The summed E-state index contributed by atoms with van der Waals surface area (Å²) in [6.07, 6.45) is 2.79. The third kappa shape index (κ3) is 3.03. The van der Waals surface area contributed by atoms with E-state index in [-0.39, 0.29) is 0 Å². The Morgan fingerprint density at radius 1 is 1.09 bits per heavy atom. The van der Waals surface area contributed by atoms with Crippen molar-refractivity contribution in [2.45, 2.75) is 32.4 Å². The van der Waals surface area contributed by atoms with E-state index >= 15 is 0 Å². The van der Waals surface area contributed by atoms with Crippen molar-refractivity contribution in [2.24, 2.45) is 7.05 Å². The number of nitrogens with zero attached hydrogens (tertiary/aromatic N) is 5. The lowest BCUT2D eigenvalue weighted by molar-refractivity contribution is 0.205. The van der Waals surface area contributed by atoms with Crippen LogP contribution < -0.4 is 0 Å². The van der Waals surface area contributed by atoms with Gasteiger partial charge in [-0.15, -0.1) is 10.2 Å². The maximum atomic E-state index is 10.6. The lowest BCUT2D eigenvalue weighted by Crippen LogP contribution is -2.13. The van der Waals surface area contributed by atoms with Crippen LogP contribution in [-0.2, 0) is 13.6 Å². The minimum atomic E-state index is -0.760. The summed E-state index contributed by atoms with van der Waals surface area (Å²) >= 11 is 0. The summed E-state index contributed by atoms with van der Waals surface area (Å²) in [7, 11) is 1.97. The smallest absolute Gasteiger partial charge is 0.152 e. The number of aromatic nitrogens is 5. The van der Waals surface area contributed by atoms with Gasteiger partial charge in [0, 0.05) is 25.4 Å². The van der Waals surface area contributed by atoms with E-state index < -0.39 is 6.10 Å². The lowest BCUT2D eigenvalue weighted by atomic mass is 10.1. The zero-order chi connectivity index (χ0) is 16.4. The SMILES string of the molecule is CC(C)c1nnc(Cn2ccnc2[C@H](O)c2ccccc2)n1C. The molecule has 1 atom stereocenters. The molecule has 2 aromatic heterocycles. The van der Waals surface area contributed by atoms with E-state index in [0.29, 0.717) is 18.3 Å². The maximum absolute atomic E-state index is 10.6. The second kappa shape index (κ2) is 6.34. The molecule has 0 amide bonds. The standard InChI is InChI=1S/C17H21N5O/c1-12(2)16-20-19-14(21(16)3)11-22-10-9-18-17(22)15(23)13-7-5-4-6-8-13/h4-10,12,15,23H,11H2,1-3H3/t15-/m1/s1. The van der Waals surface area contributed by atoms with Crippen molar-refractivity contribution >= 4 is 0 Å². The van der Waals surface area contributed by atoms with Gasteiger partial charge < -0.3 is 14.2 Å². The number of benzene rings is 1.